The molecular weight excluding hydrogens is 492 g/mol. The number of anilines is 2. The molecule has 0 radical (unpaired) electrons. The Kier molecular flexibility index (Phi) is 7.82. The summed E-state index contributed by atoms with van der Waals surface area (Å²) in [6.45, 7) is 3.62. The Balaban J connectivity index is 1.13. The quantitative estimate of drug-likeness (QED) is 0.523. The van der Waals surface area contributed by atoms with Crippen molar-refractivity contribution in [3.05, 3.63) is 71.4 Å². The fraction of sp³-hybridized carbons (Fsp3) is 0.333. The summed E-state index contributed by atoms with van der Waals surface area (Å²) >= 11 is 5.98. The minimum atomic E-state index is -0.0427. The van der Waals surface area contributed by atoms with Gasteiger partial charge in [0.25, 0.3) is 5.91 Å². The molecule has 2 N–H and O–H groups in total. The predicted octanol–water partition coefficient (Wildman–Crippen LogP) is 4.19. The summed E-state index contributed by atoms with van der Waals surface area (Å²) in [6.07, 6.45) is 3.18. The number of aromatic nitrogens is 2. The number of rotatable bonds is 5. The van der Waals surface area contributed by atoms with Gasteiger partial charge in [0, 0.05) is 60.3 Å². The third-order valence-corrected chi connectivity index (χ3v) is 6.84. The number of amides is 3. The lowest BCUT2D eigenvalue weighted by atomic mass is 10.0. The molecule has 2 saturated heterocycles. The van der Waals surface area contributed by atoms with Crippen LogP contribution in [0.1, 0.15) is 23.2 Å². The van der Waals surface area contributed by atoms with Gasteiger partial charge in [0.15, 0.2) is 0 Å². The molecule has 5 rings (SSSR count). The van der Waals surface area contributed by atoms with Crippen molar-refractivity contribution in [2.24, 2.45) is 0 Å². The number of nitrogens with one attached hydrogen (secondary N) is 2. The molecule has 1 aromatic heterocycles. The van der Waals surface area contributed by atoms with Crippen LogP contribution in [0.5, 0.6) is 0 Å². The van der Waals surface area contributed by atoms with Crippen LogP contribution >= 0.6 is 11.6 Å². The molecule has 0 bridgehead atoms. The molecule has 37 heavy (non-hydrogen) atoms. The molecule has 10 heteroatoms. The lowest BCUT2D eigenvalue weighted by Gasteiger charge is -2.34. The van der Waals surface area contributed by atoms with Crippen LogP contribution in [0.3, 0.4) is 0 Å². The first kappa shape index (κ1) is 25.0. The highest BCUT2D eigenvalue weighted by molar-refractivity contribution is 6.30. The Hall–Kier alpha value is -3.69. The van der Waals surface area contributed by atoms with Crippen LogP contribution in [0.15, 0.2) is 60.8 Å². The molecule has 0 aliphatic carbocycles. The second kappa shape index (κ2) is 11.6. The zero-order valence-corrected chi connectivity index (χ0v) is 21.2. The highest BCUT2D eigenvalue weighted by Gasteiger charge is 2.26. The van der Waals surface area contributed by atoms with Gasteiger partial charge in [0.1, 0.15) is 0 Å². The summed E-state index contributed by atoms with van der Waals surface area (Å²) in [7, 11) is 0. The standard InChI is InChI=1S/C27H29ClN6O3/c28-21-5-1-19(2-6-21)24-9-12-29-26(32-24)30-22-7-3-20(4-8-22)25(35)33-13-10-23(11-14-33)31-27(36)34-15-17-37-18-16-34/h1-9,12,23H,10-11,13-18H2,(H,31,36)(H,29,30,32). The van der Waals surface area contributed by atoms with E-state index in [1.54, 1.807) is 23.2 Å². The van der Waals surface area contributed by atoms with Crippen molar-refractivity contribution in [3.63, 3.8) is 0 Å². The van der Waals surface area contributed by atoms with E-state index in [2.05, 4.69) is 20.6 Å². The van der Waals surface area contributed by atoms with E-state index < -0.39 is 0 Å². The minimum Gasteiger partial charge on any atom is -0.378 e. The van der Waals surface area contributed by atoms with Crippen molar-refractivity contribution in [2.45, 2.75) is 18.9 Å². The van der Waals surface area contributed by atoms with Gasteiger partial charge >= 0.3 is 6.03 Å². The minimum absolute atomic E-state index is 0.00880. The lowest BCUT2D eigenvalue weighted by Crippen LogP contribution is -2.52. The normalized spacial score (nSPS) is 16.4. The third kappa shape index (κ3) is 6.36. The molecular formula is C27H29ClN6O3. The summed E-state index contributed by atoms with van der Waals surface area (Å²) in [5.74, 6) is 0.457. The number of nitrogens with zero attached hydrogens (tertiary/aromatic N) is 4. The van der Waals surface area contributed by atoms with Gasteiger partial charge in [0.2, 0.25) is 5.95 Å². The molecule has 9 nitrogen and oxygen atoms in total. The van der Waals surface area contributed by atoms with Crippen molar-refractivity contribution >= 4 is 35.2 Å². The molecule has 192 valence electrons. The van der Waals surface area contributed by atoms with Crippen LogP contribution in [0.4, 0.5) is 16.4 Å². The molecule has 3 amide bonds. The van der Waals surface area contributed by atoms with Gasteiger partial charge in [-0.15, -0.1) is 0 Å². The van der Waals surface area contributed by atoms with E-state index in [0.29, 0.717) is 55.9 Å². The highest BCUT2D eigenvalue weighted by Crippen LogP contribution is 2.22. The number of hydrogen-bond donors (Lipinski definition) is 2. The van der Waals surface area contributed by atoms with Gasteiger partial charge in [-0.2, -0.15) is 0 Å². The van der Waals surface area contributed by atoms with Crippen LogP contribution in [0.2, 0.25) is 5.02 Å². The van der Waals surface area contributed by atoms with Crippen LogP contribution < -0.4 is 10.6 Å². The number of ether oxygens (including phenoxy) is 1. The van der Waals surface area contributed by atoms with Gasteiger partial charge in [-0.1, -0.05) is 23.7 Å². The van der Waals surface area contributed by atoms with E-state index in [-0.39, 0.29) is 18.0 Å². The van der Waals surface area contributed by atoms with Crippen molar-refractivity contribution in [1.82, 2.24) is 25.1 Å². The van der Waals surface area contributed by atoms with E-state index in [9.17, 15) is 9.59 Å². The topological polar surface area (TPSA) is 99.7 Å². The van der Waals surface area contributed by atoms with Gasteiger partial charge < -0.3 is 25.2 Å². The number of likely N-dealkylation sites (tertiary alicyclic amines) is 1. The molecule has 2 fully saturated rings. The maximum atomic E-state index is 13.0. The molecule has 3 heterocycles. The maximum Gasteiger partial charge on any atom is 0.317 e. The average Bonchev–Trinajstić information content (AvgIpc) is 2.94. The van der Waals surface area contributed by atoms with E-state index in [1.807, 2.05) is 47.4 Å². The number of morpholine rings is 1. The first-order valence-corrected chi connectivity index (χ1v) is 12.8. The predicted molar refractivity (Wildman–Crippen MR) is 142 cm³/mol. The van der Waals surface area contributed by atoms with E-state index >= 15 is 0 Å². The summed E-state index contributed by atoms with van der Waals surface area (Å²) in [6, 6.07) is 16.7. The molecule has 0 unspecified atom stereocenters. The fourth-order valence-electron chi connectivity index (χ4n) is 4.47. The Bertz CT molecular complexity index is 1220. The van der Waals surface area contributed by atoms with Gasteiger partial charge in [-0.05, 0) is 55.3 Å². The molecule has 0 spiro atoms. The Morgan fingerprint density at radius 2 is 1.59 bits per heavy atom. The molecule has 3 aromatic rings. The lowest BCUT2D eigenvalue weighted by molar-refractivity contribution is 0.0512. The Morgan fingerprint density at radius 3 is 2.30 bits per heavy atom. The summed E-state index contributed by atoms with van der Waals surface area (Å²) in [5, 5.41) is 6.97. The summed E-state index contributed by atoms with van der Waals surface area (Å²) in [4.78, 5) is 38.0. The number of carbonyl (C=O) groups excluding carboxylic acids is 2. The van der Waals surface area contributed by atoms with Crippen molar-refractivity contribution in [1.29, 1.82) is 0 Å². The van der Waals surface area contributed by atoms with Gasteiger partial charge in [-0.3, -0.25) is 4.79 Å². The molecule has 2 aliphatic heterocycles. The van der Waals surface area contributed by atoms with Crippen molar-refractivity contribution in [3.8, 4) is 11.3 Å². The number of carbonyl (C=O) groups is 2. The van der Waals surface area contributed by atoms with E-state index in [0.717, 1.165) is 29.8 Å². The maximum absolute atomic E-state index is 13.0. The first-order chi connectivity index (χ1) is 18.0. The first-order valence-electron chi connectivity index (χ1n) is 12.4. The van der Waals surface area contributed by atoms with Crippen LogP contribution in [0.25, 0.3) is 11.3 Å². The number of benzene rings is 2. The molecule has 0 atom stereocenters. The second-order valence-corrected chi connectivity index (χ2v) is 9.53. The zero-order chi connectivity index (χ0) is 25.6. The summed E-state index contributed by atoms with van der Waals surface area (Å²) in [5.41, 5.74) is 3.14. The summed E-state index contributed by atoms with van der Waals surface area (Å²) < 4.78 is 5.30. The Morgan fingerprint density at radius 1 is 0.892 bits per heavy atom. The van der Waals surface area contributed by atoms with Gasteiger partial charge in [0.05, 0.1) is 18.9 Å². The van der Waals surface area contributed by atoms with Crippen molar-refractivity contribution in [2.75, 3.05) is 44.7 Å². The van der Waals surface area contributed by atoms with Crippen LogP contribution in [0, 0.1) is 0 Å². The number of piperidine rings is 1. The van der Waals surface area contributed by atoms with Crippen molar-refractivity contribution < 1.29 is 14.3 Å². The average molecular weight is 521 g/mol. The molecule has 2 aromatic carbocycles. The van der Waals surface area contributed by atoms with Gasteiger partial charge in [-0.25, -0.2) is 14.8 Å². The van der Waals surface area contributed by atoms with Crippen LogP contribution in [-0.4, -0.2) is 77.1 Å². The Labute approximate surface area is 220 Å². The molecule has 2 aliphatic rings. The monoisotopic (exact) mass is 520 g/mol. The zero-order valence-electron chi connectivity index (χ0n) is 20.4. The third-order valence-electron chi connectivity index (χ3n) is 6.59. The fourth-order valence-corrected chi connectivity index (χ4v) is 4.59. The number of halogens is 1. The smallest absolute Gasteiger partial charge is 0.317 e. The largest absolute Gasteiger partial charge is 0.378 e. The van der Waals surface area contributed by atoms with Crippen LogP contribution in [-0.2, 0) is 4.74 Å². The number of hydrogen-bond acceptors (Lipinski definition) is 6. The van der Waals surface area contributed by atoms with E-state index in [4.69, 9.17) is 16.3 Å². The van der Waals surface area contributed by atoms with E-state index in [1.165, 1.54) is 0 Å². The number of urea groups is 1. The SMILES string of the molecule is O=C(NC1CCN(C(=O)c2ccc(Nc3nccc(-c4ccc(Cl)cc4)n3)cc2)CC1)N1CCOCC1. The second-order valence-electron chi connectivity index (χ2n) is 9.09. The highest BCUT2D eigenvalue weighted by atomic mass is 35.5. The molecule has 0 saturated carbocycles.